The fraction of sp³-hybridized carbons (Fsp3) is 0.286. The maximum atomic E-state index is 11.1. The summed E-state index contributed by atoms with van der Waals surface area (Å²) in [5.74, 6) is -1.27. The number of halogens is 1. The van der Waals surface area contributed by atoms with Crippen LogP contribution in [0.15, 0.2) is 15.7 Å². The third kappa shape index (κ3) is 2.23. The molecule has 1 aromatic heterocycles. The molecular weight excluding hydrogens is 212 g/mol. The average Bonchev–Trinajstić information content (AvgIpc) is 2.08. The zero-order chi connectivity index (χ0) is 10.7. The lowest BCUT2D eigenvalue weighted by Gasteiger charge is -2.05. The van der Waals surface area contributed by atoms with Gasteiger partial charge in [0.25, 0.3) is 5.56 Å². The molecule has 0 fully saturated rings. The Kier molecular flexibility index (Phi) is 3.08. The van der Waals surface area contributed by atoms with Crippen LogP contribution in [0.4, 0.5) is 0 Å². The second kappa shape index (κ2) is 4.10. The number of rotatable bonds is 3. The van der Waals surface area contributed by atoms with Gasteiger partial charge in [0.2, 0.25) is 0 Å². The van der Waals surface area contributed by atoms with Crippen LogP contribution in [0, 0.1) is 0 Å². The van der Waals surface area contributed by atoms with Gasteiger partial charge in [-0.1, -0.05) is 0 Å². The highest BCUT2D eigenvalue weighted by Crippen LogP contribution is 1.97. The molecule has 0 aliphatic heterocycles. The minimum atomic E-state index is -1.18. The van der Waals surface area contributed by atoms with Gasteiger partial charge in [-0.15, -0.1) is 11.6 Å². The van der Waals surface area contributed by atoms with Gasteiger partial charge in [0.1, 0.15) is 6.54 Å². The number of hydrogen-bond acceptors (Lipinski definition) is 3. The van der Waals surface area contributed by atoms with E-state index in [0.717, 1.165) is 10.6 Å². The lowest BCUT2D eigenvalue weighted by atomic mass is 10.4. The van der Waals surface area contributed by atoms with Gasteiger partial charge >= 0.3 is 11.7 Å². The summed E-state index contributed by atoms with van der Waals surface area (Å²) in [5, 5.41) is 8.49. The number of aromatic amines is 1. The highest BCUT2D eigenvalue weighted by Gasteiger charge is 2.08. The molecule has 2 N–H and O–H groups in total. The second-order valence-corrected chi connectivity index (χ2v) is 2.81. The van der Waals surface area contributed by atoms with E-state index in [1.807, 2.05) is 4.98 Å². The first-order chi connectivity index (χ1) is 6.54. The maximum Gasteiger partial charge on any atom is 0.329 e. The van der Waals surface area contributed by atoms with E-state index < -0.39 is 23.8 Å². The fourth-order valence-electron chi connectivity index (χ4n) is 0.988. The van der Waals surface area contributed by atoms with Crippen molar-refractivity contribution in [1.82, 2.24) is 9.55 Å². The minimum Gasteiger partial charge on any atom is -0.480 e. The van der Waals surface area contributed by atoms with Crippen molar-refractivity contribution in [3.8, 4) is 0 Å². The Hall–Kier alpha value is -1.56. The van der Waals surface area contributed by atoms with Crippen molar-refractivity contribution < 1.29 is 9.90 Å². The average molecular weight is 219 g/mol. The highest BCUT2D eigenvalue weighted by atomic mass is 35.5. The first-order valence-corrected chi connectivity index (χ1v) is 4.19. The number of alkyl halides is 1. The fourth-order valence-corrected chi connectivity index (χ4v) is 1.21. The van der Waals surface area contributed by atoms with E-state index in [-0.39, 0.29) is 11.6 Å². The number of aromatic nitrogens is 2. The molecule has 0 spiro atoms. The van der Waals surface area contributed by atoms with Crippen LogP contribution in [-0.4, -0.2) is 20.6 Å². The van der Waals surface area contributed by atoms with Crippen molar-refractivity contribution in [2.75, 3.05) is 0 Å². The molecule has 0 aromatic carbocycles. The van der Waals surface area contributed by atoms with Crippen molar-refractivity contribution in [3.63, 3.8) is 0 Å². The van der Waals surface area contributed by atoms with Crippen molar-refractivity contribution in [2.45, 2.75) is 12.4 Å². The molecule has 0 bridgehead atoms. The summed E-state index contributed by atoms with van der Waals surface area (Å²) in [6.07, 6.45) is 0. The van der Waals surface area contributed by atoms with Crippen molar-refractivity contribution in [1.29, 1.82) is 0 Å². The molecule has 14 heavy (non-hydrogen) atoms. The molecular formula is C7H7ClN2O4. The highest BCUT2D eigenvalue weighted by molar-refractivity contribution is 6.16. The molecule has 1 rings (SSSR count). The summed E-state index contributed by atoms with van der Waals surface area (Å²) in [4.78, 5) is 34.3. The van der Waals surface area contributed by atoms with Crippen LogP contribution < -0.4 is 11.2 Å². The third-order valence-corrected chi connectivity index (χ3v) is 1.82. The Balaban J connectivity index is 3.32. The molecule has 76 valence electrons. The summed E-state index contributed by atoms with van der Waals surface area (Å²) in [6.45, 7) is -0.516. The zero-order valence-corrected chi connectivity index (χ0v) is 7.74. The number of carbonyl (C=O) groups is 1. The molecule has 6 nitrogen and oxygen atoms in total. The summed E-state index contributed by atoms with van der Waals surface area (Å²) in [5.41, 5.74) is -1.18. The van der Waals surface area contributed by atoms with Crippen LogP contribution in [0.1, 0.15) is 5.69 Å². The molecule has 0 unspecified atom stereocenters. The third-order valence-electron chi connectivity index (χ3n) is 1.55. The van der Waals surface area contributed by atoms with Gasteiger partial charge < -0.3 is 5.11 Å². The van der Waals surface area contributed by atoms with E-state index in [2.05, 4.69) is 0 Å². The zero-order valence-electron chi connectivity index (χ0n) is 6.99. The first-order valence-electron chi connectivity index (χ1n) is 3.65. The predicted octanol–water partition coefficient (Wildman–Crippen LogP) is -0.640. The van der Waals surface area contributed by atoms with Crippen LogP contribution in [0.2, 0.25) is 0 Å². The van der Waals surface area contributed by atoms with Crippen molar-refractivity contribution in [3.05, 3.63) is 32.6 Å². The largest absolute Gasteiger partial charge is 0.480 e. The Morgan fingerprint density at radius 3 is 2.71 bits per heavy atom. The second-order valence-electron chi connectivity index (χ2n) is 2.54. The number of carboxylic acids is 1. The molecule has 0 aliphatic carbocycles. The van der Waals surface area contributed by atoms with Gasteiger partial charge in [-0.3, -0.25) is 19.1 Å². The topological polar surface area (TPSA) is 92.2 Å². The van der Waals surface area contributed by atoms with Gasteiger partial charge in [0.05, 0.1) is 5.88 Å². The van der Waals surface area contributed by atoms with E-state index >= 15 is 0 Å². The van der Waals surface area contributed by atoms with Crippen LogP contribution >= 0.6 is 11.6 Å². The Morgan fingerprint density at radius 2 is 2.21 bits per heavy atom. The number of carboxylic acid groups (broad SMARTS) is 1. The summed E-state index contributed by atoms with van der Waals surface area (Å²) >= 11 is 5.45. The first kappa shape index (κ1) is 10.5. The van der Waals surface area contributed by atoms with Gasteiger partial charge in [-0.2, -0.15) is 0 Å². The quantitative estimate of drug-likeness (QED) is 0.660. The van der Waals surface area contributed by atoms with E-state index in [9.17, 15) is 14.4 Å². The van der Waals surface area contributed by atoms with Crippen molar-refractivity contribution in [2.24, 2.45) is 0 Å². The van der Waals surface area contributed by atoms with Gasteiger partial charge in [0, 0.05) is 11.8 Å². The van der Waals surface area contributed by atoms with Crippen LogP contribution in [-0.2, 0) is 17.2 Å². The number of nitrogens with zero attached hydrogens (tertiary/aromatic N) is 1. The monoisotopic (exact) mass is 218 g/mol. The van der Waals surface area contributed by atoms with E-state index in [0.29, 0.717) is 0 Å². The van der Waals surface area contributed by atoms with Crippen molar-refractivity contribution >= 4 is 17.6 Å². The van der Waals surface area contributed by atoms with Crippen LogP contribution in [0.25, 0.3) is 0 Å². The SMILES string of the molecule is O=C(O)Cn1c(CCl)cc(=O)[nH]c1=O. The van der Waals surface area contributed by atoms with Crippen LogP contribution in [0.5, 0.6) is 0 Å². The molecule has 0 atom stereocenters. The predicted molar refractivity (Wildman–Crippen MR) is 48.5 cm³/mol. The minimum absolute atomic E-state index is 0.0908. The molecule has 0 saturated heterocycles. The number of H-pyrrole nitrogens is 1. The van der Waals surface area contributed by atoms with E-state index in [1.54, 1.807) is 0 Å². The molecule has 0 amide bonds. The molecule has 0 radical (unpaired) electrons. The standard InChI is InChI=1S/C7H7ClN2O4/c8-2-4-1-5(11)9-7(14)10(4)3-6(12)13/h1H,2-3H2,(H,12,13)(H,9,11,14). The van der Waals surface area contributed by atoms with Gasteiger partial charge in [-0.25, -0.2) is 4.79 Å². The molecule has 1 aromatic rings. The van der Waals surface area contributed by atoms with Gasteiger partial charge in [-0.05, 0) is 0 Å². The molecule has 7 heteroatoms. The van der Waals surface area contributed by atoms with Gasteiger partial charge in [0.15, 0.2) is 0 Å². The molecule has 0 aliphatic rings. The molecule has 1 heterocycles. The lowest BCUT2D eigenvalue weighted by Crippen LogP contribution is -2.33. The lowest BCUT2D eigenvalue weighted by molar-refractivity contribution is -0.137. The molecule has 0 saturated carbocycles. The summed E-state index contributed by atoms with van der Waals surface area (Å²) in [6, 6.07) is 1.09. The maximum absolute atomic E-state index is 11.1. The number of hydrogen-bond donors (Lipinski definition) is 2. The smallest absolute Gasteiger partial charge is 0.329 e. The Bertz CT molecular complexity index is 461. The summed E-state index contributed by atoms with van der Waals surface area (Å²) in [7, 11) is 0. The normalized spacial score (nSPS) is 10.1. The van der Waals surface area contributed by atoms with E-state index in [4.69, 9.17) is 16.7 Å². The number of aliphatic carboxylic acids is 1. The van der Waals surface area contributed by atoms with E-state index in [1.165, 1.54) is 0 Å². The summed E-state index contributed by atoms with van der Waals surface area (Å²) < 4.78 is 0.900. The van der Waals surface area contributed by atoms with Crippen LogP contribution in [0.3, 0.4) is 0 Å². The Labute approximate surface area is 82.8 Å². The Morgan fingerprint density at radius 1 is 1.57 bits per heavy atom. The number of nitrogens with one attached hydrogen (secondary N) is 1.